The number of halogens is 1. The van der Waals surface area contributed by atoms with Crippen molar-refractivity contribution in [2.45, 2.75) is 19.3 Å². The van der Waals surface area contributed by atoms with E-state index < -0.39 is 0 Å². The molecule has 2 aliphatic rings. The topological polar surface area (TPSA) is 68.6 Å². The highest BCUT2D eigenvalue weighted by molar-refractivity contribution is 9.10. The number of benzene rings is 1. The highest BCUT2D eigenvalue weighted by atomic mass is 79.9. The predicted molar refractivity (Wildman–Crippen MR) is 115 cm³/mol. The molecule has 0 unspecified atom stereocenters. The Labute approximate surface area is 179 Å². The van der Waals surface area contributed by atoms with Crippen molar-refractivity contribution in [3.05, 3.63) is 28.9 Å². The van der Waals surface area contributed by atoms with Gasteiger partial charge in [-0.15, -0.1) is 0 Å². The number of amides is 1. The van der Waals surface area contributed by atoms with Crippen LogP contribution in [0.4, 0.5) is 5.69 Å². The third-order valence-corrected chi connectivity index (χ3v) is 6.22. The molecule has 156 valence electrons. The van der Waals surface area contributed by atoms with E-state index in [-0.39, 0.29) is 11.8 Å². The Morgan fingerprint density at radius 3 is 2.79 bits per heavy atom. The van der Waals surface area contributed by atoms with Crippen molar-refractivity contribution < 1.29 is 14.3 Å². The number of carbonyl (C=O) groups excluding carboxylic acids is 1. The average molecular weight is 463 g/mol. The molecule has 2 heterocycles. The molecule has 4 rings (SSSR count). The molecule has 1 amide bonds. The Bertz CT molecular complexity index is 840. The van der Waals surface area contributed by atoms with Gasteiger partial charge in [0.1, 0.15) is 12.4 Å². The molecule has 0 bridgehead atoms. The van der Waals surface area contributed by atoms with E-state index in [0.29, 0.717) is 6.61 Å². The highest BCUT2D eigenvalue weighted by Gasteiger charge is 2.25. The van der Waals surface area contributed by atoms with Crippen molar-refractivity contribution in [2.75, 3.05) is 44.8 Å². The Kier molecular flexibility index (Phi) is 6.52. The number of rotatable bonds is 7. The lowest BCUT2D eigenvalue weighted by molar-refractivity contribution is -0.122. The van der Waals surface area contributed by atoms with Gasteiger partial charge in [0.2, 0.25) is 5.91 Å². The van der Waals surface area contributed by atoms with Crippen molar-refractivity contribution in [2.24, 2.45) is 13.0 Å². The van der Waals surface area contributed by atoms with Gasteiger partial charge in [-0.2, -0.15) is 5.10 Å². The molecule has 0 radical (unpaired) electrons. The van der Waals surface area contributed by atoms with E-state index in [9.17, 15) is 4.79 Å². The summed E-state index contributed by atoms with van der Waals surface area (Å²) in [5.41, 5.74) is 2.61. The lowest BCUT2D eigenvalue weighted by atomic mass is 9.85. The molecule has 1 N–H and O–H groups in total. The molecule has 1 aromatic carbocycles. The van der Waals surface area contributed by atoms with E-state index in [2.05, 4.69) is 31.2 Å². The first-order valence-corrected chi connectivity index (χ1v) is 11.0. The quantitative estimate of drug-likeness (QED) is 0.683. The lowest BCUT2D eigenvalue weighted by Crippen LogP contribution is -2.38. The fraction of sp³-hybridized carbons (Fsp3) is 0.524. The summed E-state index contributed by atoms with van der Waals surface area (Å²) in [4.78, 5) is 14.7. The largest absolute Gasteiger partial charge is 0.492 e. The molecule has 2 fully saturated rings. The maximum atomic E-state index is 12.4. The van der Waals surface area contributed by atoms with Crippen molar-refractivity contribution >= 4 is 27.5 Å². The minimum Gasteiger partial charge on any atom is -0.492 e. The summed E-state index contributed by atoms with van der Waals surface area (Å²) in [7, 11) is 1.90. The maximum absolute atomic E-state index is 12.4. The number of anilines is 1. The van der Waals surface area contributed by atoms with Crippen LogP contribution in [0, 0.1) is 5.92 Å². The number of hydrogen-bond acceptors (Lipinski definition) is 5. The second-order valence-corrected chi connectivity index (χ2v) is 8.45. The Hall–Kier alpha value is -1.90. The summed E-state index contributed by atoms with van der Waals surface area (Å²) in [6.07, 6.45) is 4.87. The van der Waals surface area contributed by atoms with Crippen LogP contribution in [-0.4, -0.2) is 60.0 Å². The molecule has 1 saturated carbocycles. The zero-order valence-corrected chi connectivity index (χ0v) is 18.3. The number of aromatic nitrogens is 2. The molecular weight excluding hydrogens is 436 g/mol. The highest BCUT2D eigenvalue weighted by Crippen LogP contribution is 2.37. The number of ether oxygens (including phenoxy) is 2. The monoisotopic (exact) mass is 462 g/mol. The zero-order valence-electron chi connectivity index (χ0n) is 16.7. The van der Waals surface area contributed by atoms with Gasteiger partial charge in [0.15, 0.2) is 0 Å². The summed E-state index contributed by atoms with van der Waals surface area (Å²) in [6.45, 7) is 4.89. The summed E-state index contributed by atoms with van der Waals surface area (Å²) in [5, 5.41) is 7.39. The van der Waals surface area contributed by atoms with Crippen LogP contribution in [-0.2, 0) is 16.6 Å². The smallest absolute Gasteiger partial charge is 0.227 e. The first kappa shape index (κ1) is 20.4. The normalized spacial score (nSPS) is 17.7. The van der Waals surface area contributed by atoms with Crippen LogP contribution in [0.3, 0.4) is 0 Å². The van der Waals surface area contributed by atoms with Crippen LogP contribution in [0.2, 0.25) is 0 Å². The molecular formula is C21H27BrN4O3. The standard InChI is InChI=1S/C21H27BrN4O3/c1-25-20(18(22)14-23-25)17-13-16(24-21(27)15-3-2-4-15)5-6-19(17)29-12-9-26-7-10-28-11-8-26/h5-6,13-15H,2-4,7-12H2,1H3,(H,24,27). The van der Waals surface area contributed by atoms with Crippen LogP contribution in [0.25, 0.3) is 11.3 Å². The molecule has 29 heavy (non-hydrogen) atoms. The van der Waals surface area contributed by atoms with E-state index in [0.717, 1.165) is 79.3 Å². The lowest BCUT2D eigenvalue weighted by Gasteiger charge is -2.26. The molecule has 1 aliphatic carbocycles. The number of nitrogens with one attached hydrogen (secondary N) is 1. The Morgan fingerprint density at radius 1 is 1.34 bits per heavy atom. The van der Waals surface area contributed by atoms with Gasteiger partial charge in [0.25, 0.3) is 0 Å². The van der Waals surface area contributed by atoms with Crippen LogP contribution >= 0.6 is 15.9 Å². The molecule has 0 spiro atoms. The third kappa shape index (κ3) is 4.82. The Morgan fingerprint density at radius 2 is 2.14 bits per heavy atom. The van der Waals surface area contributed by atoms with E-state index in [4.69, 9.17) is 9.47 Å². The number of aryl methyl sites for hydroxylation is 1. The zero-order chi connectivity index (χ0) is 20.2. The van der Waals surface area contributed by atoms with Crippen molar-refractivity contribution in [3.63, 3.8) is 0 Å². The van der Waals surface area contributed by atoms with Crippen LogP contribution in [0.15, 0.2) is 28.9 Å². The second-order valence-electron chi connectivity index (χ2n) is 7.60. The van der Waals surface area contributed by atoms with Gasteiger partial charge in [-0.05, 0) is 47.0 Å². The van der Waals surface area contributed by atoms with E-state index in [1.54, 1.807) is 6.20 Å². The van der Waals surface area contributed by atoms with E-state index >= 15 is 0 Å². The average Bonchev–Trinajstić information content (AvgIpc) is 3.00. The van der Waals surface area contributed by atoms with Gasteiger partial charge in [0.05, 0.1) is 29.6 Å². The van der Waals surface area contributed by atoms with E-state index in [1.165, 1.54) is 0 Å². The number of nitrogens with zero attached hydrogens (tertiary/aromatic N) is 3. The molecule has 0 atom stereocenters. The summed E-state index contributed by atoms with van der Waals surface area (Å²) >= 11 is 3.59. The Balaban J connectivity index is 1.52. The SMILES string of the molecule is Cn1ncc(Br)c1-c1cc(NC(=O)C2CCC2)ccc1OCCN1CCOCC1. The first-order chi connectivity index (χ1) is 14.1. The number of carbonyl (C=O) groups is 1. The van der Waals surface area contributed by atoms with Gasteiger partial charge in [-0.25, -0.2) is 0 Å². The van der Waals surface area contributed by atoms with Crippen LogP contribution < -0.4 is 10.1 Å². The minimum absolute atomic E-state index is 0.104. The summed E-state index contributed by atoms with van der Waals surface area (Å²) in [6, 6.07) is 5.82. The van der Waals surface area contributed by atoms with Gasteiger partial charge < -0.3 is 14.8 Å². The molecule has 1 aliphatic heterocycles. The fourth-order valence-corrected chi connectivity index (χ4v) is 4.22. The van der Waals surface area contributed by atoms with Gasteiger partial charge in [-0.3, -0.25) is 14.4 Å². The van der Waals surface area contributed by atoms with Crippen molar-refractivity contribution in [1.82, 2.24) is 14.7 Å². The van der Waals surface area contributed by atoms with Crippen molar-refractivity contribution in [3.8, 4) is 17.0 Å². The predicted octanol–water partition coefficient (Wildman–Crippen LogP) is 3.30. The number of morpholine rings is 1. The van der Waals surface area contributed by atoms with Gasteiger partial charge in [-0.1, -0.05) is 6.42 Å². The van der Waals surface area contributed by atoms with Gasteiger partial charge in [0, 0.05) is 43.9 Å². The molecule has 1 aromatic heterocycles. The molecule has 1 saturated heterocycles. The summed E-state index contributed by atoms with van der Waals surface area (Å²) in [5.74, 6) is 1.03. The maximum Gasteiger partial charge on any atom is 0.227 e. The van der Waals surface area contributed by atoms with E-state index in [1.807, 2.05) is 29.9 Å². The fourth-order valence-electron chi connectivity index (χ4n) is 3.66. The van der Waals surface area contributed by atoms with Crippen LogP contribution in [0.5, 0.6) is 5.75 Å². The first-order valence-electron chi connectivity index (χ1n) is 10.2. The second kappa shape index (κ2) is 9.28. The number of hydrogen-bond donors (Lipinski definition) is 1. The van der Waals surface area contributed by atoms with Gasteiger partial charge >= 0.3 is 0 Å². The molecule has 8 heteroatoms. The third-order valence-electron chi connectivity index (χ3n) is 5.64. The van der Waals surface area contributed by atoms with Crippen molar-refractivity contribution in [1.29, 1.82) is 0 Å². The molecule has 2 aromatic rings. The summed E-state index contributed by atoms with van der Waals surface area (Å²) < 4.78 is 14.3. The molecule has 7 nitrogen and oxygen atoms in total. The minimum atomic E-state index is 0.104. The van der Waals surface area contributed by atoms with Crippen LogP contribution in [0.1, 0.15) is 19.3 Å².